The molecule has 0 aliphatic rings. The summed E-state index contributed by atoms with van der Waals surface area (Å²) in [6.45, 7) is 7.62. The summed E-state index contributed by atoms with van der Waals surface area (Å²) in [6.07, 6.45) is 1.15. The van der Waals surface area contributed by atoms with Gasteiger partial charge in [0.2, 0.25) is 0 Å². The number of hydrogen-bond acceptors (Lipinski definition) is 3. The summed E-state index contributed by atoms with van der Waals surface area (Å²) in [4.78, 5) is 1.18. The number of benzene rings is 1. The molecule has 2 unspecified atom stereocenters. The molecule has 18 heavy (non-hydrogen) atoms. The van der Waals surface area contributed by atoms with Crippen LogP contribution in [0, 0.1) is 0 Å². The van der Waals surface area contributed by atoms with E-state index < -0.39 is 0 Å². The molecule has 0 spiro atoms. The SMILES string of the molecule is CCCNC(C)c1ccc(SC(C)CO)c(Br)c1. The van der Waals surface area contributed by atoms with Gasteiger partial charge in [0.1, 0.15) is 0 Å². The van der Waals surface area contributed by atoms with E-state index in [-0.39, 0.29) is 11.9 Å². The molecule has 0 aromatic heterocycles. The van der Waals surface area contributed by atoms with Crippen molar-refractivity contribution in [3.63, 3.8) is 0 Å². The average Bonchev–Trinajstić information content (AvgIpc) is 2.38. The highest BCUT2D eigenvalue weighted by molar-refractivity contribution is 9.10. The minimum absolute atomic E-state index is 0.202. The number of aliphatic hydroxyl groups is 1. The molecule has 2 N–H and O–H groups in total. The number of aliphatic hydroxyl groups excluding tert-OH is 1. The average molecular weight is 332 g/mol. The van der Waals surface area contributed by atoms with Crippen molar-refractivity contribution in [2.24, 2.45) is 0 Å². The van der Waals surface area contributed by atoms with E-state index in [1.807, 2.05) is 6.92 Å². The van der Waals surface area contributed by atoms with Gasteiger partial charge < -0.3 is 10.4 Å². The zero-order valence-corrected chi connectivity index (χ0v) is 13.6. The van der Waals surface area contributed by atoms with Gasteiger partial charge >= 0.3 is 0 Å². The second kappa shape index (κ2) is 8.20. The third-order valence-electron chi connectivity index (χ3n) is 2.74. The van der Waals surface area contributed by atoms with Crippen LogP contribution >= 0.6 is 27.7 Å². The zero-order chi connectivity index (χ0) is 13.5. The van der Waals surface area contributed by atoms with Crippen LogP contribution in [0.1, 0.15) is 38.8 Å². The maximum Gasteiger partial charge on any atom is 0.0550 e. The molecule has 0 aliphatic carbocycles. The molecule has 0 saturated carbocycles. The van der Waals surface area contributed by atoms with Crippen molar-refractivity contribution in [3.8, 4) is 0 Å². The lowest BCUT2D eigenvalue weighted by Gasteiger charge is -2.16. The smallest absolute Gasteiger partial charge is 0.0550 e. The van der Waals surface area contributed by atoms with Crippen LogP contribution in [-0.2, 0) is 0 Å². The molecular formula is C14H22BrNOS. The van der Waals surface area contributed by atoms with Crippen LogP contribution < -0.4 is 5.32 Å². The van der Waals surface area contributed by atoms with Gasteiger partial charge in [-0.1, -0.05) is 19.9 Å². The number of halogens is 1. The normalized spacial score (nSPS) is 14.5. The van der Waals surface area contributed by atoms with Crippen LogP contribution in [-0.4, -0.2) is 23.5 Å². The van der Waals surface area contributed by atoms with Gasteiger partial charge in [0, 0.05) is 20.7 Å². The standard InChI is InChI=1S/C14H22BrNOS/c1-4-7-16-11(3)12-5-6-14(13(15)8-12)18-10(2)9-17/h5-6,8,10-11,16-17H,4,7,9H2,1-3H3. The Morgan fingerprint density at radius 2 is 2.11 bits per heavy atom. The summed E-state index contributed by atoms with van der Waals surface area (Å²) in [5.74, 6) is 0. The van der Waals surface area contributed by atoms with Crippen molar-refractivity contribution < 1.29 is 5.11 Å². The zero-order valence-electron chi connectivity index (χ0n) is 11.2. The third kappa shape index (κ3) is 4.92. The molecule has 0 aliphatic heterocycles. The van der Waals surface area contributed by atoms with Gasteiger partial charge in [-0.2, -0.15) is 0 Å². The van der Waals surface area contributed by atoms with Gasteiger partial charge in [-0.25, -0.2) is 0 Å². The second-order valence-electron chi connectivity index (χ2n) is 4.48. The van der Waals surface area contributed by atoms with Crippen LogP contribution in [0.25, 0.3) is 0 Å². The molecular weight excluding hydrogens is 310 g/mol. The molecule has 0 fully saturated rings. The fourth-order valence-corrected chi connectivity index (χ4v) is 3.12. The fourth-order valence-electron chi connectivity index (χ4n) is 1.61. The van der Waals surface area contributed by atoms with Crippen molar-refractivity contribution in [1.82, 2.24) is 5.32 Å². The molecule has 0 heterocycles. The molecule has 0 bridgehead atoms. The van der Waals surface area contributed by atoms with E-state index in [4.69, 9.17) is 5.11 Å². The van der Waals surface area contributed by atoms with Crippen LogP contribution in [0.4, 0.5) is 0 Å². The molecule has 2 nitrogen and oxygen atoms in total. The lowest BCUT2D eigenvalue weighted by atomic mass is 10.1. The molecule has 4 heteroatoms. The van der Waals surface area contributed by atoms with Crippen LogP contribution in [0.5, 0.6) is 0 Å². The van der Waals surface area contributed by atoms with E-state index >= 15 is 0 Å². The van der Waals surface area contributed by atoms with Crippen molar-refractivity contribution in [3.05, 3.63) is 28.2 Å². The van der Waals surface area contributed by atoms with E-state index in [2.05, 4.69) is 53.3 Å². The molecule has 102 valence electrons. The topological polar surface area (TPSA) is 32.3 Å². The van der Waals surface area contributed by atoms with Gasteiger partial charge in [-0.3, -0.25) is 0 Å². The number of hydrogen-bond donors (Lipinski definition) is 2. The quantitative estimate of drug-likeness (QED) is 0.741. The fraction of sp³-hybridized carbons (Fsp3) is 0.571. The molecule has 0 saturated heterocycles. The Hall–Kier alpha value is -0.0300. The predicted octanol–water partition coefficient (Wildman–Crippen LogP) is 3.98. The summed E-state index contributed by atoms with van der Waals surface area (Å²) in [7, 11) is 0. The van der Waals surface area contributed by atoms with Crippen LogP contribution in [0.2, 0.25) is 0 Å². The molecule has 1 aromatic rings. The van der Waals surface area contributed by atoms with Gasteiger partial charge in [0.05, 0.1) is 6.61 Å². The Morgan fingerprint density at radius 1 is 1.39 bits per heavy atom. The summed E-state index contributed by atoms with van der Waals surface area (Å²) in [5, 5.41) is 12.8. The van der Waals surface area contributed by atoms with Crippen LogP contribution in [0.3, 0.4) is 0 Å². The highest BCUT2D eigenvalue weighted by atomic mass is 79.9. The van der Waals surface area contributed by atoms with Crippen molar-refractivity contribution >= 4 is 27.7 Å². The molecule has 2 atom stereocenters. The largest absolute Gasteiger partial charge is 0.395 e. The lowest BCUT2D eigenvalue weighted by molar-refractivity contribution is 0.300. The first-order valence-electron chi connectivity index (χ1n) is 6.38. The Balaban J connectivity index is 2.72. The predicted molar refractivity (Wildman–Crippen MR) is 83.3 cm³/mol. The summed E-state index contributed by atoms with van der Waals surface area (Å²) in [6, 6.07) is 6.82. The minimum atomic E-state index is 0.202. The van der Waals surface area contributed by atoms with Crippen molar-refractivity contribution in [1.29, 1.82) is 0 Å². The number of thioether (sulfide) groups is 1. The van der Waals surface area contributed by atoms with E-state index in [0.29, 0.717) is 6.04 Å². The molecule has 0 radical (unpaired) electrons. The van der Waals surface area contributed by atoms with E-state index in [0.717, 1.165) is 17.4 Å². The Morgan fingerprint density at radius 3 is 2.67 bits per heavy atom. The highest BCUT2D eigenvalue weighted by Gasteiger charge is 2.10. The van der Waals surface area contributed by atoms with Crippen molar-refractivity contribution in [2.75, 3.05) is 13.2 Å². The number of nitrogens with one attached hydrogen (secondary N) is 1. The van der Waals surface area contributed by atoms with E-state index in [1.165, 1.54) is 10.5 Å². The lowest BCUT2D eigenvalue weighted by Crippen LogP contribution is -2.19. The highest BCUT2D eigenvalue weighted by Crippen LogP contribution is 2.32. The second-order valence-corrected chi connectivity index (χ2v) is 6.81. The Kier molecular flexibility index (Phi) is 7.30. The summed E-state index contributed by atoms with van der Waals surface area (Å²) >= 11 is 5.30. The van der Waals surface area contributed by atoms with E-state index in [9.17, 15) is 0 Å². The summed E-state index contributed by atoms with van der Waals surface area (Å²) in [5.41, 5.74) is 1.29. The first kappa shape index (κ1) is 16.0. The van der Waals surface area contributed by atoms with Gasteiger partial charge in [0.25, 0.3) is 0 Å². The van der Waals surface area contributed by atoms with Gasteiger partial charge in [0.15, 0.2) is 0 Å². The maximum atomic E-state index is 9.08. The van der Waals surface area contributed by atoms with Gasteiger partial charge in [-0.05, 0) is 53.5 Å². The first-order valence-corrected chi connectivity index (χ1v) is 8.06. The van der Waals surface area contributed by atoms with Crippen LogP contribution in [0.15, 0.2) is 27.6 Å². The Labute approximate surface area is 123 Å². The molecule has 0 amide bonds. The molecule has 1 rings (SSSR count). The third-order valence-corrected chi connectivity index (χ3v) is 4.82. The summed E-state index contributed by atoms with van der Waals surface area (Å²) < 4.78 is 1.11. The van der Waals surface area contributed by atoms with E-state index in [1.54, 1.807) is 11.8 Å². The number of rotatable bonds is 7. The first-order chi connectivity index (χ1) is 8.58. The Bertz CT molecular complexity index is 373. The maximum absolute atomic E-state index is 9.08. The minimum Gasteiger partial charge on any atom is -0.395 e. The molecule has 1 aromatic carbocycles. The van der Waals surface area contributed by atoms with Gasteiger partial charge in [-0.15, -0.1) is 11.8 Å². The monoisotopic (exact) mass is 331 g/mol. The van der Waals surface area contributed by atoms with Crippen molar-refractivity contribution in [2.45, 2.75) is 43.4 Å².